The van der Waals surface area contributed by atoms with Crippen molar-refractivity contribution in [3.8, 4) is 5.69 Å². The van der Waals surface area contributed by atoms with E-state index in [0.29, 0.717) is 5.16 Å². The molecule has 0 bridgehead atoms. The molecule has 0 fully saturated rings. The van der Waals surface area contributed by atoms with Gasteiger partial charge in [-0.15, -0.1) is 10.2 Å². The van der Waals surface area contributed by atoms with Crippen molar-refractivity contribution in [1.29, 1.82) is 0 Å². The number of carbonyl (C=O) groups excluding carboxylic acids is 2. The molecule has 0 saturated heterocycles. The fraction of sp³-hybridized carbons (Fsp3) is 0.333. The van der Waals surface area contributed by atoms with Crippen LogP contribution in [0.2, 0.25) is 0 Å². The van der Waals surface area contributed by atoms with Gasteiger partial charge in [0.1, 0.15) is 5.82 Å². The van der Waals surface area contributed by atoms with Crippen LogP contribution in [0.4, 0.5) is 5.69 Å². The summed E-state index contributed by atoms with van der Waals surface area (Å²) >= 11 is 1.32. The quantitative estimate of drug-likeness (QED) is 0.549. The first kappa shape index (κ1) is 23.5. The van der Waals surface area contributed by atoms with Crippen molar-refractivity contribution >= 4 is 29.3 Å². The van der Waals surface area contributed by atoms with Crippen LogP contribution in [0.1, 0.15) is 28.1 Å². The summed E-state index contributed by atoms with van der Waals surface area (Å²) in [6.07, 6.45) is 0. The Balaban J connectivity index is 1.64. The molecule has 3 rings (SSSR count). The van der Waals surface area contributed by atoms with Crippen molar-refractivity contribution in [3.05, 3.63) is 64.5 Å². The van der Waals surface area contributed by atoms with Gasteiger partial charge in [-0.3, -0.25) is 14.2 Å². The second-order valence-electron chi connectivity index (χ2n) is 8.01. The van der Waals surface area contributed by atoms with E-state index in [4.69, 9.17) is 0 Å². The first-order valence-corrected chi connectivity index (χ1v) is 11.4. The van der Waals surface area contributed by atoms with Crippen LogP contribution in [0, 0.1) is 34.6 Å². The zero-order chi connectivity index (χ0) is 23.4. The number of aryl methyl sites for hydroxylation is 5. The summed E-state index contributed by atoms with van der Waals surface area (Å²) in [4.78, 5) is 26.6. The maximum atomic E-state index is 12.7. The maximum absolute atomic E-state index is 12.7. The Morgan fingerprint density at radius 1 is 1.00 bits per heavy atom. The van der Waals surface area contributed by atoms with E-state index >= 15 is 0 Å². The van der Waals surface area contributed by atoms with Crippen LogP contribution in [0.5, 0.6) is 0 Å². The minimum absolute atomic E-state index is 0.0180. The zero-order valence-electron chi connectivity index (χ0n) is 19.4. The van der Waals surface area contributed by atoms with Crippen molar-refractivity contribution in [3.63, 3.8) is 0 Å². The Morgan fingerprint density at radius 3 is 2.38 bits per heavy atom. The molecular formula is C24H29N5O2S. The van der Waals surface area contributed by atoms with Crippen molar-refractivity contribution in [2.75, 3.05) is 24.7 Å². The van der Waals surface area contributed by atoms with Crippen LogP contribution in [0.3, 0.4) is 0 Å². The topological polar surface area (TPSA) is 80.1 Å². The lowest BCUT2D eigenvalue weighted by Gasteiger charge is -2.18. The number of nitrogens with zero attached hydrogens (tertiary/aromatic N) is 4. The van der Waals surface area contributed by atoms with Crippen molar-refractivity contribution in [2.24, 2.45) is 0 Å². The molecule has 7 nitrogen and oxygen atoms in total. The Morgan fingerprint density at radius 2 is 1.69 bits per heavy atom. The molecule has 0 atom stereocenters. The van der Waals surface area contributed by atoms with Crippen LogP contribution in [0.25, 0.3) is 5.69 Å². The Hall–Kier alpha value is -3.13. The average molecular weight is 452 g/mol. The molecule has 1 N–H and O–H groups in total. The molecule has 0 saturated carbocycles. The SMILES string of the molecule is Cc1ccc(C)c(-n2c(C)nnc2SCC(=O)N(C)CC(=O)Nc2c(C)cccc2C)c1. The highest BCUT2D eigenvalue weighted by Crippen LogP contribution is 2.25. The number of carbonyl (C=O) groups is 2. The molecule has 0 radical (unpaired) electrons. The lowest BCUT2D eigenvalue weighted by Crippen LogP contribution is -2.36. The predicted molar refractivity (Wildman–Crippen MR) is 128 cm³/mol. The molecule has 168 valence electrons. The lowest BCUT2D eigenvalue weighted by atomic mass is 10.1. The van der Waals surface area contributed by atoms with Crippen LogP contribution in [-0.4, -0.2) is 50.8 Å². The number of nitrogens with one attached hydrogen (secondary N) is 1. The van der Waals surface area contributed by atoms with Crippen LogP contribution < -0.4 is 5.32 Å². The molecule has 2 aromatic carbocycles. The number of benzene rings is 2. The normalized spacial score (nSPS) is 10.8. The van der Waals surface area contributed by atoms with Gasteiger partial charge in [-0.25, -0.2) is 0 Å². The summed E-state index contributed by atoms with van der Waals surface area (Å²) in [6.45, 7) is 9.85. The van der Waals surface area contributed by atoms with Gasteiger partial charge < -0.3 is 10.2 Å². The van der Waals surface area contributed by atoms with Gasteiger partial charge in [0.25, 0.3) is 0 Å². The number of hydrogen-bond donors (Lipinski definition) is 1. The number of thioether (sulfide) groups is 1. The Kier molecular flexibility index (Phi) is 7.35. The van der Waals surface area contributed by atoms with Gasteiger partial charge in [0.15, 0.2) is 5.16 Å². The molecule has 0 unspecified atom stereocenters. The van der Waals surface area contributed by atoms with Gasteiger partial charge in [0.05, 0.1) is 18.0 Å². The highest BCUT2D eigenvalue weighted by Gasteiger charge is 2.18. The van der Waals surface area contributed by atoms with Crippen molar-refractivity contribution < 1.29 is 9.59 Å². The number of rotatable bonds is 7. The number of para-hydroxylation sites is 1. The summed E-state index contributed by atoms with van der Waals surface area (Å²) in [5.74, 6) is 0.545. The monoisotopic (exact) mass is 451 g/mol. The largest absolute Gasteiger partial charge is 0.336 e. The highest BCUT2D eigenvalue weighted by atomic mass is 32.2. The van der Waals surface area contributed by atoms with E-state index in [2.05, 4.69) is 33.7 Å². The fourth-order valence-electron chi connectivity index (χ4n) is 3.40. The summed E-state index contributed by atoms with van der Waals surface area (Å²) < 4.78 is 1.97. The van der Waals surface area contributed by atoms with E-state index in [1.807, 2.05) is 57.4 Å². The smallest absolute Gasteiger partial charge is 0.243 e. The third-order valence-corrected chi connectivity index (χ3v) is 6.19. The number of anilines is 1. The number of hydrogen-bond acceptors (Lipinski definition) is 5. The number of aromatic nitrogens is 3. The molecule has 0 spiro atoms. The van der Waals surface area contributed by atoms with Gasteiger partial charge in [0, 0.05) is 12.7 Å². The number of likely N-dealkylation sites (N-methyl/N-ethyl adjacent to an activating group) is 1. The standard InChI is InChI=1S/C24H29N5O2S/c1-15-10-11-16(2)20(12-15)29-19(5)26-27-24(29)32-14-22(31)28(6)13-21(30)25-23-17(3)8-7-9-18(23)4/h7-12H,13-14H2,1-6H3,(H,25,30). The van der Waals surface area contributed by atoms with Crippen LogP contribution in [-0.2, 0) is 9.59 Å². The van der Waals surface area contributed by atoms with E-state index in [1.54, 1.807) is 7.05 Å². The van der Waals surface area contributed by atoms with Gasteiger partial charge in [-0.05, 0) is 62.9 Å². The number of amides is 2. The van der Waals surface area contributed by atoms with E-state index in [1.165, 1.54) is 16.7 Å². The average Bonchev–Trinajstić information content (AvgIpc) is 3.11. The maximum Gasteiger partial charge on any atom is 0.243 e. The second kappa shape index (κ2) is 9.99. The minimum Gasteiger partial charge on any atom is -0.336 e. The third kappa shape index (κ3) is 5.37. The third-order valence-electron chi connectivity index (χ3n) is 5.28. The first-order valence-electron chi connectivity index (χ1n) is 10.4. The molecule has 8 heteroatoms. The van der Waals surface area contributed by atoms with E-state index < -0.39 is 0 Å². The molecule has 0 aliphatic heterocycles. The highest BCUT2D eigenvalue weighted by molar-refractivity contribution is 7.99. The summed E-state index contributed by atoms with van der Waals surface area (Å²) in [7, 11) is 1.63. The molecule has 0 aliphatic rings. The summed E-state index contributed by atoms with van der Waals surface area (Å²) in [5.41, 5.74) is 6.02. The summed E-state index contributed by atoms with van der Waals surface area (Å²) in [5, 5.41) is 12.0. The zero-order valence-corrected chi connectivity index (χ0v) is 20.2. The molecule has 1 heterocycles. The predicted octanol–water partition coefficient (Wildman–Crippen LogP) is 4.00. The first-order chi connectivity index (χ1) is 15.2. The van der Waals surface area contributed by atoms with Gasteiger partial charge >= 0.3 is 0 Å². The van der Waals surface area contributed by atoms with E-state index in [9.17, 15) is 9.59 Å². The van der Waals surface area contributed by atoms with E-state index in [0.717, 1.165) is 39.5 Å². The van der Waals surface area contributed by atoms with Gasteiger partial charge in [-0.2, -0.15) is 0 Å². The van der Waals surface area contributed by atoms with Crippen molar-refractivity contribution in [2.45, 2.75) is 39.8 Å². The Bertz CT molecular complexity index is 1140. The lowest BCUT2D eigenvalue weighted by molar-refractivity contribution is -0.131. The molecule has 0 aliphatic carbocycles. The molecular weight excluding hydrogens is 422 g/mol. The summed E-state index contributed by atoms with van der Waals surface area (Å²) in [6, 6.07) is 12.1. The van der Waals surface area contributed by atoms with Gasteiger partial charge in [-0.1, -0.05) is 42.1 Å². The van der Waals surface area contributed by atoms with Gasteiger partial charge in [0.2, 0.25) is 11.8 Å². The fourth-order valence-corrected chi connectivity index (χ4v) is 4.34. The van der Waals surface area contributed by atoms with E-state index in [-0.39, 0.29) is 24.1 Å². The second-order valence-corrected chi connectivity index (χ2v) is 8.95. The minimum atomic E-state index is -0.224. The molecule has 32 heavy (non-hydrogen) atoms. The van der Waals surface area contributed by atoms with Crippen molar-refractivity contribution in [1.82, 2.24) is 19.7 Å². The van der Waals surface area contributed by atoms with Crippen LogP contribution >= 0.6 is 11.8 Å². The van der Waals surface area contributed by atoms with Crippen LogP contribution in [0.15, 0.2) is 41.6 Å². The molecule has 1 aromatic heterocycles. The Labute approximate surface area is 193 Å². The molecule has 2 amide bonds. The molecule has 3 aromatic rings.